The second kappa shape index (κ2) is 13.4. The van der Waals surface area contributed by atoms with Crippen molar-refractivity contribution in [2.45, 2.75) is 34.7 Å². The fourth-order valence-electron chi connectivity index (χ4n) is 3.70. The number of nitrogens with one attached hydrogen (secondary N) is 3. The van der Waals surface area contributed by atoms with Crippen molar-refractivity contribution in [3.63, 3.8) is 0 Å². The van der Waals surface area contributed by atoms with E-state index in [2.05, 4.69) is 36.3 Å². The summed E-state index contributed by atoms with van der Waals surface area (Å²) < 4.78 is 124. The predicted octanol–water partition coefficient (Wildman–Crippen LogP) is 6.48. The Balaban J connectivity index is 1.58. The molecule has 0 atom stereocenters. The van der Waals surface area contributed by atoms with Gasteiger partial charge in [-0.1, -0.05) is 42.5 Å². The monoisotopic (exact) mass is 699 g/mol. The topological polar surface area (TPSA) is 155 Å². The maximum atomic E-state index is 12.9. The molecule has 0 saturated heterocycles. The summed E-state index contributed by atoms with van der Waals surface area (Å²) in [5.74, 6) is 0.310. The SMILES string of the molecule is CC(=NNc1cc(NN=C(C)c2ccc(S(=O)(=O)C(F)(F)F)cc2)nc(Nc2ccccc2)n1)c1ccc(S(=O)(=O)C(F)(F)F)cc1. The van der Waals surface area contributed by atoms with Crippen LogP contribution in [0.2, 0.25) is 0 Å². The van der Waals surface area contributed by atoms with E-state index in [1.165, 1.54) is 19.9 Å². The molecule has 0 spiro atoms. The fourth-order valence-corrected chi connectivity index (χ4v) is 5.22. The molecule has 0 radical (unpaired) electrons. The minimum Gasteiger partial charge on any atom is -0.324 e. The van der Waals surface area contributed by atoms with E-state index in [1.807, 2.05) is 0 Å². The number of hydrazone groups is 2. The van der Waals surface area contributed by atoms with E-state index in [0.717, 1.165) is 48.5 Å². The lowest BCUT2D eigenvalue weighted by atomic mass is 10.1. The lowest BCUT2D eigenvalue weighted by molar-refractivity contribution is -0.0442. The number of benzene rings is 3. The highest BCUT2D eigenvalue weighted by molar-refractivity contribution is 7.92. The second-order valence-electron chi connectivity index (χ2n) is 9.52. The number of halogens is 6. The number of hydrogen-bond acceptors (Lipinski definition) is 11. The van der Waals surface area contributed by atoms with Crippen molar-refractivity contribution >= 4 is 54.4 Å². The Hall–Kier alpha value is -5.04. The standard InChI is InChI=1S/C28H23F6N7O4S2/c1-17(19-8-12-22(13-9-19)46(42,43)27(29,30)31)38-40-24-16-25(37-26(36-24)35-21-6-4-3-5-7-21)41-39-18(2)20-10-14-23(15-11-20)47(44,45)28(32,33)34/h3-16H,1-2H3,(H3,35,36,37,40,41). The minimum atomic E-state index is -5.51. The van der Waals surface area contributed by atoms with Crippen molar-refractivity contribution in [2.75, 3.05) is 16.2 Å². The summed E-state index contributed by atoms with van der Waals surface area (Å²) in [4.78, 5) is 6.81. The van der Waals surface area contributed by atoms with Crippen LogP contribution in [-0.2, 0) is 19.7 Å². The molecule has 11 nitrogen and oxygen atoms in total. The van der Waals surface area contributed by atoms with Crippen molar-refractivity contribution < 1.29 is 43.2 Å². The van der Waals surface area contributed by atoms with Crippen LogP contribution in [0.25, 0.3) is 0 Å². The van der Waals surface area contributed by atoms with E-state index in [0.29, 0.717) is 16.8 Å². The Morgan fingerprint density at radius 3 is 1.36 bits per heavy atom. The molecule has 4 aromatic rings. The Bertz CT molecular complexity index is 1900. The average Bonchev–Trinajstić information content (AvgIpc) is 3.02. The van der Waals surface area contributed by atoms with E-state index >= 15 is 0 Å². The van der Waals surface area contributed by atoms with E-state index < -0.39 is 40.5 Å². The molecule has 0 saturated carbocycles. The molecule has 3 aromatic carbocycles. The van der Waals surface area contributed by atoms with Crippen LogP contribution in [0.1, 0.15) is 25.0 Å². The summed E-state index contributed by atoms with van der Waals surface area (Å²) in [5.41, 5.74) is -3.75. The first-order valence-corrected chi connectivity index (χ1v) is 16.0. The number of sulfone groups is 2. The molecule has 0 aliphatic carbocycles. The normalized spacial score (nSPS) is 13.3. The lowest BCUT2D eigenvalue weighted by Crippen LogP contribution is -2.23. The number of hydrogen-bond donors (Lipinski definition) is 3. The van der Waals surface area contributed by atoms with Crippen LogP contribution in [-0.4, -0.2) is 49.2 Å². The fraction of sp³-hybridized carbons (Fsp3) is 0.143. The molecule has 47 heavy (non-hydrogen) atoms. The van der Waals surface area contributed by atoms with Crippen LogP contribution in [0.15, 0.2) is 105 Å². The van der Waals surface area contributed by atoms with Gasteiger partial charge < -0.3 is 5.32 Å². The first-order valence-electron chi connectivity index (χ1n) is 13.0. The number of nitrogens with zero attached hydrogens (tertiary/aromatic N) is 4. The number of anilines is 4. The molecule has 0 unspecified atom stereocenters. The van der Waals surface area contributed by atoms with Crippen LogP contribution in [0, 0.1) is 0 Å². The van der Waals surface area contributed by atoms with Gasteiger partial charge in [0.1, 0.15) is 0 Å². The highest BCUT2D eigenvalue weighted by Gasteiger charge is 2.47. The average molecular weight is 700 g/mol. The van der Waals surface area contributed by atoms with Gasteiger partial charge in [-0.25, -0.2) is 16.8 Å². The van der Waals surface area contributed by atoms with Gasteiger partial charge in [0.15, 0.2) is 11.6 Å². The van der Waals surface area contributed by atoms with Crippen molar-refractivity contribution in [2.24, 2.45) is 10.2 Å². The van der Waals surface area contributed by atoms with Gasteiger partial charge in [0.25, 0.3) is 19.7 Å². The summed E-state index contributed by atoms with van der Waals surface area (Å²) in [7, 11) is -11.0. The maximum absolute atomic E-state index is 12.9. The first-order chi connectivity index (χ1) is 21.9. The van der Waals surface area contributed by atoms with Crippen LogP contribution < -0.4 is 16.2 Å². The van der Waals surface area contributed by atoms with E-state index in [4.69, 9.17) is 0 Å². The van der Waals surface area contributed by atoms with Gasteiger partial charge in [0.2, 0.25) is 5.95 Å². The number of alkyl halides is 6. The third kappa shape index (κ3) is 8.22. The molecule has 0 bridgehead atoms. The Morgan fingerprint density at radius 1 is 0.617 bits per heavy atom. The van der Waals surface area contributed by atoms with Crippen LogP contribution in [0.4, 0.5) is 49.6 Å². The molecule has 0 aliphatic heterocycles. The molecule has 248 valence electrons. The van der Waals surface area contributed by atoms with Gasteiger partial charge >= 0.3 is 11.0 Å². The van der Waals surface area contributed by atoms with Crippen molar-refractivity contribution in [3.05, 3.63) is 96.1 Å². The first kappa shape index (κ1) is 34.8. The van der Waals surface area contributed by atoms with Crippen LogP contribution in [0.5, 0.6) is 0 Å². The number of para-hydroxylation sites is 1. The highest BCUT2D eigenvalue weighted by Crippen LogP contribution is 2.31. The Labute approximate surface area is 264 Å². The van der Waals surface area contributed by atoms with Crippen molar-refractivity contribution in [1.82, 2.24) is 9.97 Å². The van der Waals surface area contributed by atoms with Crippen LogP contribution in [0.3, 0.4) is 0 Å². The zero-order valence-electron chi connectivity index (χ0n) is 24.1. The van der Waals surface area contributed by atoms with Gasteiger partial charge in [-0.2, -0.15) is 46.5 Å². The lowest BCUT2D eigenvalue weighted by Gasteiger charge is -2.11. The molecule has 3 N–H and O–H groups in total. The number of aromatic nitrogens is 2. The van der Waals surface area contributed by atoms with Crippen molar-refractivity contribution in [1.29, 1.82) is 0 Å². The van der Waals surface area contributed by atoms with Gasteiger partial charge in [-0.3, -0.25) is 10.9 Å². The molecule has 0 amide bonds. The van der Waals surface area contributed by atoms with Gasteiger partial charge in [0, 0.05) is 11.8 Å². The van der Waals surface area contributed by atoms with E-state index in [1.54, 1.807) is 30.3 Å². The molecule has 4 rings (SSSR count). The largest absolute Gasteiger partial charge is 0.501 e. The summed E-state index contributed by atoms with van der Waals surface area (Å²) in [5, 5.41) is 11.3. The van der Waals surface area contributed by atoms with Gasteiger partial charge in [-0.15, -0.1) is 0 Å². The smallest absolute Gasteiger partial charge is 0.324 e. The van der Waals surface area contributed by atoms with E-state index in [-0.39, 0.29) is 29.0 Å². The third-order valence-electron chi connectivity index (χ3n) is 6.21. The second-order valence-corrected chi connectivity index (χ2v) is 13.4. The molecule has 0 fully saturated rings. The molecule has 0 aliphatic rings. The van der Waals surface area contributed by atoms with Crippen LogP contribution >= 0.6 is 0 Å². The molecular formula is C28H23F6N7O4S2. The Morgan fingerprint density at radius 2 is 1.00 bits per heavy atom. The molecule has 19 heteroatoms. The van der Waals surface area contributed by atoms with E-state index in [9.17, 15) is 43.2 Å². The van der Waals surface area contributed by atoms with Crippen molar-refractivity contribution in [3.8, 4) is 0 Å². The molecular weight excluding hydrogens is 676 g/mol. The maximum Gasteiger partial charge on any atom is 0.501 e. The summed E-state index contributed by atoms with van der Waals surface area (Å²) >= 11 is 0. The highest BCUT2D eigenvalue weighted by atomic mass is 32.2. The third-order valence-corrected chi connectivity index (χ3v) is 9.21. The van der Waals surface area contributed by atoms with Gasteiger partial charge in [-0.05, 0) is 61.4 Å². The summed E-state index contributed by atoms with van der Waals surface area (Å²) in [6, 6.07) is 18.1. The zero-order chi connectivity index (χ0) is 34.6. The van der Waals surface area contributed by atoms with Gasteiger partial charge in [0.05, 0.1) is 21.2 Å². The Kier molecular flexibility index (Phi) is 9.90. The predicted molar refractivity (Wildman–Crippen MR) is 163 cm³/mol. The summed E-state index contributed by atoms with van der Waals surface area (Å²) in [6.45, 7) is 3.03. The quantitative estimate of drug-likeness (QED) is 0.0959. The zero-order valence-corrected chi connectivity index (χ0v) is 25.7. The minimum absolute atomic E-state index is 0.0767. The molecule has 1 aromatic heterocycles. The molecule has 1 heterocycles. The summed E-state index contributed by atoms with van der Waals surface area (Å²) in [6.07, 6.45) is 0. The number of rotatable bonds is 10.